The zero-order valence-electron chi connectivity index (χ0n) is 12.1. The monoisotopic (exact) mass is 256 g/mol. The zero-order chi connectivity index (χ0) is 14.1. The predicted molar refractivity (Wildman–Crippen MR) is 71.4 cm³/mol. The average Bonchev–Trinajstić information content (AvgIpc) is 2.24. The molecule has 18 heavy (non-hydrogen) atoms. The third-order valence-corrected chi connectivity index (χ3v) is 3.07. The summed E-state index contributed by atoms with van der Waals surface area (Å²) in [4.78, 5) is 3.87. The summed E-state index contributed by atoms with van der Waals surface area (Å²) in [5.74, 6) is 0.623. The molecule has 0 aromatic rings. The largest absolute Gasteiger partial charge is 0.409 e. The number of nitrogens with zero attached hydrogens (tertiary/aromatic N) is 4. The van der Waals surface area contributed by atoms with E-state index in [1.54, 1.807) is 0 Å². The Morgan fingerprint density at radius 2 is 1.06 bits per heavy atom. The van der Waals surface area contributed by atoms with E-state index in [2.05, 4.69) is 10.3 Å². The molecule has 0 bridgehead atoms. The molecule has 0 aliphatic carbocycles. The Morgan fingerprint density at radius 3 is 1.22 bits per heavy atom. The Morgan fingerprint density at radius 1 is 0.778 bits per heavy atom. The fourth-order valence-corrected chi connectivity index (χ4v) is 2.16. The van der Waals surface area contributed by atoms with Crippen molar-refractivity contribution in [3.8, 4) is 0 Å². The van der Waals surface area contributed by atoms with Crippen LogP contribution in [0.2, 0.25) is 0 Å². The zero-order valence-corrected chi connectivity index (χ0v) is 12.1. The van der Waals surface area contributed by atoms with Crippen molar-refractivity contribution in [3.63, 3.8) is 0 Å². The average molecular weight is 256 g/mol. The van der Waals surface area contributed by atoms with Crippen LogP contribution in [0.1, 0.15) is 41.5 Å². The molecule has 0 atom stereocenters. The second-order valence-corrected chi connectivity index (χ2v) is 6.49. The third-order valence-electron chi connectivity index (χ3n) is 3.07. The molecule has 6 nitrogen and oxygen atoms in total. The summed E-state index contributed by atoms with van der Waals surface area (Å²) in [6.45, 7) is 13.6. The molecule has 0 spiro atoms. The van der Waals surface area contributed by atoms with Gasteiger partial charge in [0.15, 0.2) is 0 Å². The second kappa shape index (κ2) is 4.66. The summed E-state index contributed by atoms with van der Waals surface area (Å²) in [6, 6.07) is 0. The molecule has 0 aromatic carbocycles. The molecule has 0 saturated carbocycles. The van der Waals surface area contributed by atoms with Crippen molar-refractivity contribution in [2.75, 3.05) is 13.1 Å². The fourth-order valence-electron chi connectivity index (χ4n) is 2.16. The molecule has 1 aliphatic heterocycles. The highest BCUT2D eigenvalue weighted by Crippen LogP contribution is 2.24. The third kappa shape index (κ3) is 2.68. The number of hydrogen-bond donors (Lipinski definition) is 2. The lowest BCUT2D eigenvalue weighted by atomic mass is 10.00. The van der Waals surface area contributed by atoms with Crippen molar-refractivity contribution >= 4 is 11.7 Å². The first-order chi connectivity index (χ1) is 8.12. The van der Waals surface area contributed by atoms with Gasteiger partial charge in [0.1, 0.15) is 0 Å². The Balaban J connectivity index is 3.16. The summed E-state index contributed by atoms with van der Waals surface area (Å²) in [6.07, 6.45) is 0. The van der Waals surface area contributed by atoms with E-state index >= 15 is 0 Å². The van der Waals surface area contributed by atoms with Gasteiger partial charge in [0.2, 0.25) is 11.7 Å². The van der Waals surface area contributed by atoms with Gasteiger partial charge in [0, 0.05) is 24.2 Å². The minimum absolute atomic E-state index is 0.193. The highest BCUT2D eigenvalue weighted by Gasteiger charge is 2.39. The predicted octanol–water partition coefficient (Wildman–Crippen LogP) is 1.78. The van der Waals surface area contributed by atoms with Crippen molar-refractivity contribution in [3.05, 3.63) is 0 Å². The summed E-state index contributed by atoms with van der Waals surface area (Å²) < 4.78 is 0. The molecule has 1 saturated heterocycles. The smallest absolute Gasteiger partial charge is 0.214 e. The molecule has 0 aromatic heterocycles. The van der Waals surface area contributed by atoms with E-state index in [0.717, 1.165) is 13.1 Å². The van der Waals surface area contributed by atoms with E-state index in [4.69, 9.17) is 0 Å². The molecule has 1 aliphatic rings. The summed E-state index contributed by atoms with van der Waals surface area (Å²) >= 11 is 0. The molecular weight excluding hydrogens is 232 g/mol. The van der Waals surface area contributed by atoms with E-state index in [1.807, 2.05) is 51.3 Å². The Kier molecular flexibility index (Phi) is 3.78. The number of hydrogen-bond acceptors (Lipinski definition) is 4. The van der Waals surface area contributed by atoms with E-state index in [9.17, 15) is 10.4 Å². The molecule has 0 radical (unpaired) electrons. The summed E-state index contributed by atoms with van der Waals surface area (Å²) in [7, 11) is 0. The van der Waals surface area contributed by atoms with Gasteiger partial charge in [-0.3, -0.25) is 0 Å². The standard InChI is InChI=1S/C12H24N4O2/c1-11(2,3)15-7-8-16(12(4,5)6)10(14-18)9(15)13-17/h17-18H,7-8H2,1-6H3/b13-9-,14-10+. The van der Waals surface area contributed by atoms with Gasteiger partial charge >= 0.3 is 0 Å². The van der Waals surface area contributed by atoms with Crippen molar-refractivity contribution in [1.82, 2.24) is 9.80 Å². The van der Waals surface area contributed by atoms with Crippen LogP contribution in [0.25, 0.3) is 0 Å². The molecule has 0 amide bonds. The van der Waals surface area contributed by atoms with Gasteiger partial charge in [-0.15, -0.1) is 0 Å². The Labute approximate surface area is 109 Å². The number of rotatable bonds is 0. The molecule has 0 unspecified atom stereocenters. The van der Waals surface area contributed by atoms with E-state index in [-0.39, 0.29) is 11.1 Å². The normalized spacial score (nSPS) is 23.0. The lowest BCUT2D eigenvalue weighted by Crippen LogP contribution is -2.63. The van der Waals surface area contributed by atoms with Crippen LogP contribution in [-0.2, 0) is 0 Å². The molecule has 1 rings (SSSR count). The van der Waals surface area contributed by atoms with E-state index in [0.29, 0.717) is 11.7 Å². The van der Waals surface area contributed by atoms with Crippen LogP contribution >= 0.6 is 0 Å². The van der Waals surface area contributed by atoms with Crippen LogP contribution in [-0.4, -0.2) is 56.1 Å². The molecular formula is C12H24N4O2. The fraction of sp³-hybridized carbons (Fsp3) is 0.833. The van der Waals surface area contributed by atoms with Crippen molar-refractivity contribution in [2.24, 2.45) is 10.3 Å². The minimum atomic E-state index is -0.193. The van der Waals surface area contributed by atoms with Crippen LogP contribution in [0.4, 0.5) is 0 Å². The van der Waals surface area contributed by atoms with Crippen molar-refractivity contribution in [2.45, 2.75) is 52.6 Å². The van der Waals surface area contributed by atoms with Gasteiger partial charge in [0.05, 0.1) is 0 Å². The molecule has 1 heterocycles. The number of amidine groups is 2. The van der Waals surface area contributed by atoms with Crippen molar-refractivity contribution < 1.29 is 10.4 Å². The van der Waals surface area contributed by atoms with E-state index < -0.39 is 0 Å². The lowest BCUT2D eigenvalue weighted by Gasteiger charge is -2.48. The topological polar surface area (TPSA) is 71.7 Å². The maximum atomic E-state index is 9.24. The summed E-state index contributed by atoms with van der Waals surface area (Å²) in [5.41, 5.74) is -0.386. The van der Waals surface area contributed by atoms with Gasteiger partial charge in [0.25, 0.3) is 0 Å². The van der Waals surface area contributed by atoms with Crippen LogP contribution in [0.15, 0.2) is 10.3 Å². The SMILES string of the molecule is CC(C)(C)N1CCN(C(C)(C)C)C(=N/O)/C1=N/O. The Hall–Kier alpha value is -1.46. The number of piperazine rings is 1. The lowest BCUT2D eigenvalue weighted by molar-refractivity contribution is 0.147. The maximum absolute atomic E-state index is 9.24. The number of oxime groups is 2. The minimum Gasteiger partial charge on any atom is -0.409 e. The van der Waals surface area contributed by atoms with Gasteiger partial charge in [-0.1, -0.05) is 10.3 Å². The van der Waals surface area contributed by atoms with Gasteiger partial charge < -0.3 is 20.2 Å². The van der Waals surface area contributed by atoms with Gasteiger partial charge in [-0.25, -0.2) is 0 Å². The van der Waals surface area contributed by atoms with Crippen LogP contribution < -0.4 is 0 Å². The van der Waals surface area contributed by atoms with Gasteiger partial charge in [-0.05, 0) is 41.5 Å². The van der Waals surface area contributed by atoms with Gasteiger partial charge in [-0.2, -0.15) is 0 Å². The Bertz CT molecular complexity index is 327. The van der Waals surface area contributed by atoms with Crippen LogP contribution in [0.3, 0.4) is 0 Å². The highest BCUT2D eigenvalue weighted by atomic mass is 16.4. The second-order valence-electron chi connectivity index (χ2n) is 6.49. The maximum Gasteiger partial charge on any atom is 0.214 e. The van der Waals surface area contributed by atoms with E-state index in [1.165, 1.54) is 0 Å². The molecule has 2 N–H and O–H groups in total. The molecule has 104 valence electrons. The first-order valence-electron chi connectivity index (χ1n) is 6.12. The molecule has 6 heteroatoms. The van der Waals surface area contributed by atoms with Crippen LogP contribution in [0, 0.1) is 0 Å². The summed E-state index contributed by atoms with van der Waals surface area (Å²) in [5, 5.41) is 25.1. The van der Waals surface area contributed by atoms with Crippen molar-refractivity contribution in [1.29, 1.82) is 0 Å². The highest BCUT2D eigenvalue weighted by molar-refractivity contribution is 6.40. The van der Waals surface area contributed by atoms with Crippen LogP contribution in [0.5, 0.6) is 0 Å². The first kappa shape index (κ1) is 14.6. The first-order valence-corrected chi connectivity index (χ1v) is 6.12. The molecule has 1 fully saturated rings. The quantitative estimate of drug-likeness (QED) is 0.512.